The highest BCUT2D eigenvalue weighted by molar-refractivity contribution is 5.81. The number of hydrogen-bond donors (Lipinski definition) is 1. The number of aliphatic hydroxyl groups is 1. The number of ether oxygens (including phenoxy) is 2. The monoisotopic (exact) mass is 298 g/mol. The molecule has 0 aliphatic carbocycles. The summed E-state index contributed by atoms with van der Waals surface area (Å²) in [5.74, 6) is 0.103. The summed E-state index contributed by atoms with van der Waals surface area (Å²) in [6.07, 6.45) is 0.158. The Balaban J connectivity index is 1.99. The summed E-state index contributed by atoms with van der Waals surface area (Å²) < 4.78 is 10.4. The van der Waals surface area contributed by atoms with Crippen LogP contribution in [-0.2, 0) is 9.53 Å². The van der Waals surface area contributed by atoms with E-state index in [2.05, 4.69) is 6.58 Å². The SMILES string of the molecule is C=CC(=O)OC[C@H](O)COc1ccccc1-c1ccccc1. The van der Waals surface area contributed by atoms with E-state index >= 15 is 0 Å². The number of benzene rings is 2. The lowest BCUT2D eigenvalue weighted by molar-refractivity contribution is -0.141. The molecule has 0 heterocycles. The van der Waals surface area contributed by atoms with Crippen molar-refractivity contribution in [3.8, 4) is 16.9 Å². The molecule has 0 aromatic heterocycles. The molecule has 0 radical (unpaired) electrons. The van der Waals surface area contributed by atoms with Gasteiger partial charge in [0.15, 0.2) is 0 Å². The normalized spacial score (nSPS) is 11.5. The van der Waals surface area contributed by atoms with E-state index < -0.39 is 12.1 Å². The molecule has 114 valence electrons. The topological polar surface area (TPSA) is 55.8 Å². The number of para-hydroxylation sites is 1. The third kappa shape index (κ3) is 4.46. The number of aliphatic hydroxyl groups excluding tert-OH is 1. The van der Waals surface area contributed by atoms with Crippen molar-refractivity contribution < 1.29 is 19.4 Å². The average Bonchev–Trinajstić information content (AvgIpc) is 2.58. The second kappa shape index (κ2) is 8.00. The van der Waals surface area contributed by atoms with Gasteiger partial charge in [-0.2, -0.15) is 0 Å². The van der Waals surface area contributed by atoms with Crippen molar-refractivity contribution >= 4 is 5.97 Å². The number of hydrogen-bond acceptors (Lipinski definition) is 4. The Bertz CT molecular complexity index is 622. The molecule has 22 heavy (non-hydrogen) atoms. The summed E-state index contributed by atoms with van der Waals surface area (Å²) in [4.78, 5) is 10.9. The fourth-order valence-electron chi connectivity index (χ4n) is 1.92. The third-order valence-electron chi connectivity index (χ3n) is 2.99. The van der Waals surface area contributed by atoms with E-state index in [9.17, 15) is 9.90 Å². The lowest BCUT2D eigenvalue weighted by Gasteiger charge is -2.15. The molecule has 0 amide bonds. The van der Waals surface area contributed by atoms with Crippen molar-refractivity contribution in [2.24, 2.45) is 0 Å². The Morgan fingerprint density at radius 3 is 2.50 bits per heavy atom. The Labute approximate surface area is 129 Å². The van der Waals surface area contributed by atoms with Gasteiger partial charge in [0.1, 0.15) is 25.1 Å². The van der Waals surface area contributed by atoms with Crippen LogP contribution < -0.4 is 4.74 Å². The predicted octanol–water partition coefficient (Wildman–Crippen LogP) is 2.82. The van der Waals surface area contributed by atoms with Gasteiger partial charge in [-0.3, -0.25) is 0 Å². The third-order valence-corrected chi connectivity index (χ3v) is 2.99. The van der Waals surface area contributed by atoms with E-state index in [1.165, 1.54) is 0 Å². The first-order valence-corrected chi connectivity index (χ1v) is 6.95. The standard InChI is InChI=1S/C18H18O4/c1-2-18(20)22-13-15(19)12-21-17-11-7-6-10-16(17)14-8-4-3-5-9-14/h2-11,15,19H,1,12-13H2/t15-/m1/s1. The van der Waals surface area contributed by atoms with Crippen molar-refractivity contribution in [2.45, 2.75) is 6.10 Å². The minimum atomic E-state index is -0.896. The number of carbonyl (C=O) groups excluding carboxylic acids is 1. The van der Waals surface area contributed by atoms with Gasteiger partial charge in [-0.05, 0) is 11.6 Å². The molecule has 4 heteroatoms. The molecular weight excluding hydrogens is 280 g/mol. The maximum Gasteiger partial charge on any atom is 0.330 e. The van der Waals surface area contributed by atoms with Crippen molar-refractivity contribution in [2.75, 3.05) is 13.2 Å². The Kier molecular flexibility index (Phi) is 5.74. The fraction of sp³-hybridized carbons (Fsp3) is 0.167. The average molecular weight is 298 g/mol. The predicted molar refractivity (Wildman–Crippen MR) is 84.5 cm³/mol. The molecule has 0 aliphatic heterocycles. The number of carbonyl (C=O) groups is 1. The first-order valence-electron chi connectivity index (χ1n) is 6.95. The summed E-state index contributed by atoms with van der Waals surface area (Å²) in [7, 11) is 0. The van der Waals surface area contributed by atoms with Gasteiger partial charge in [0, 0.05) is 11.6 Å². The molecule has 1 N–H and O–H groups in total. The molecule has 0 saturated carbocycles. The van der Waals surface area contributed by atoms with Gasteiger partial charge >= 0.3 is 5.97 Å². The van der Waals surface area contributed by atoms with E-state index in [0.717, 1.165) is 17.2 Å². The number of rotatable bonds is 7. The van der Waals surface area contributed by atoms with Crippen molar-refractivity contribution in [1.82, 2.24) is 0 Å². The highest BCUT2D eigenvalue weighted by atomic mass is 16.5. The van der Waals surface area contributed by atoms with Crippen LogP contribution in [0.15, 0.2) is 67.3 Å². The van der Waals surface area contributed by atoms with Gasteiger partial charge in [0.2, 0.25) is 0 Å². The largest absolute Gasteiger partial charge is 0.490 e. The van der Waals surface area contributed by atoms with Crippen molar-refractivity contribution in [1.29, 1.82) is 0 Å². The van der Waals surface area contributed by atoms with Crippen LogP contribution in [0.1, 0.15) is 0 Å². The van der Waals surface area contributed by atoms with Gasteiger partial charge in [0.25, 0.3) is 0 Å². The number of esters is 1. The van der Waals surface area contributed by atoms with Crippen LogP contribution >= 0.6 is 0 Å². The molecule has 2 aromatic rings. The minimum Gasteiger partial charge on any atom is -0.490 e. The van der Waals surface area contributed by atoms with Crippen LogP contribution in [0.2, 0.25) is 0 Å². The highest BCUT2D eigenvalue weighted by Crippen LogP contribution is 2.29. The first kappa shape index (κ1) is 15.8. The van der Waals surface area contributed by atoms with E-state index in [4.69, 9.17) is 9.47 Å². The van der Waals surface area contributed by atoms with E-state index in [1.807, 2.05) is 54.6 Å². The van der Waals surface area contributed by atoms with Crippen LogP contribution in [0.3, 0.4) is 0 Å². The van der Waals surface area contributed by atoms with Gasteiger partial charge in [-0.1, -0.05) is 55.1 Å². The lowest BCUT2D eigenvalue weighted by Crippen LogP contribution is -2.24. The van der Waals surface area contributed by atoms with Crippen molar-refractivity contribution in [3.05, 3.63) is 67.3 Å². The maximum atomic E-state index is 10.9. The maximum absolute atomic E-state index is 10.9. The fourth-order valence-corrected chi connectivity index (χ4v) is 1.92. The van der Waals surface area contributed by atoms with Crippen LogP contribution in [0, 0.1) is 0 Å². The Hall–Kier alpha value is -2.59. The molecule has 2 rings (SSSR count). The molecular formula is C18H18O4. The zero-order valence-electron chi connectivity index (χ0n) is 12.1. The summed E-state index contributed by atoms with van der Waals surface area (Å²) >= 11 is 0. The van der Waals surface area contributed by atoms with Gasteiger partial charge < -0.3 is 14.6 Å². The van der Waals surface area contributed by atoms with Crippen LogP contribution in [-0.4, -0.2) is 30.4 Å². The zero-order valence-corrected chi connectivity index (χ0v) is 12.1. The molecule has 4 nitrogen and oxygen atoms in total. The second-order valence-corrected chi connectivity index (χ2v) is 4.66. The smallest absolute Gasteiger partial charge is 0.330 e. The van der Waals surface area contributed by atoms with Gasteiger partial charge in [-0.25, -0.2) is 4.79 Å². The van der Waals surface area contributed by atoms with Crippen LogP contribution in [0.5, 0.6) is 5.75 Å². The molecule has 2 aromatic carbocycles. The first-order chi connectivity index (χ1) is 10.7. The molecule has 0 aliphatic rings. The minimum absolute atomic E-state index is 0.0360. The van der Waals surface area contributed by atoms with Crippen LogP contribution in [0.25, 0.3) is 11.1 Å². The molecule has 0 spiro atoms. The second-order valence-electron chi connectivity index (χ2n) is 4.66. The van der Waals surface area contributed by atoms with Crippen molar-refractivity contribution in [3.63, 3.8) is 0 Å². The summed E-state index contributed by atoms with van der Waals surface area (Å²) in [6, 6.07) is 17.4. The lowest BCUT2D eigenvalue weighted by atomic mass is 10.1. The highest BCUT2D eigenvalue weighted by Gasteiger charge is 2.10. The molecule has 0 unspecified atom stereocenters. The zero-order chi connectivity index (χ0) is 15.8. The van der Waals surface area contributed by atoms with E-state index in [-0.39, 0.29) is 13.2 Å². The summed E-state index contributed by atoms with van der Waals surface area (Å²) in [5.41, 5.74) is 1.98. The van der Waals surface area contributed by atoms with Gasteiger partial charge in [-0.15, -0.1) is 0 Å². The molecule has 0 fully saturated rings. The van der Waals surface area contributed by atoms with E-state index in [0.29, 0.717) is 5.75 Å². The van der Waals surface area contributed by atoms with Crippen LogP contribution in [0.4, 0.5) is 0 Å². The summed E-state index contributed by atoms with van der Waals surface area (Å²) in [6.45, 7) is 3.20. The molecule has 1 atom stereocenters. The Morgan fingerprint density at radius 2 is 1.77 bits per heavy atom. The molecule has 0 bridgehead atoms. The molecule has 0 saturated heterocycles. The van der Waals surface area contributed by atoms with E-state index in [1.54, 1.807) is 0 Å². The Morgan fingerprint density at radius 1 is 1.09 bits per heavy atom. The summed E-state index contributed by atoms with van der Waals surface area (Å²) in [5, 5.41) is 9.78. The quantitative estimate of drug-likeness (QED) is 0.631. The van der Waals surface area contributed by atoms with Gasteiger partial charge in [0.05, 0.1) is 0 Å².